The number of ether oxygens (including phenoxy) is 2. The molecule has 6 heteroatoms. The van der Waals surface area contributed by atoms with Crippen molar-refractivity contribution in [3.63, 3.8) is 0 Å². The van der Waals surface area contributed by atoms with E-state index in [2.05, 4.69) is 5.32 Å². The molecule has 148 valence electrons. The van der Waals surface area contributed by atoms with Gasteiger partial charge in [0.15, 0.2) is 0 Å². The molecule has 2 amide bonds. The predicted molar refractivity (Wildman–Crippen MR) is 109 cm³/mol. The topological polar surface area (TPSA) is 67.9 Å². The van der Waals surface area contributed by atoms with Crippen molar-refractivity contribution in [1.82, 2.24) is 0 Å². The highest BCUT2D eigenvalue weighted by molar-refractivity contribution is 5.97. The quantitative estimate of drug-likeness (QED) is 0.791. The lowest BCUT2D eigenvalue weighted by Gasteiger charge is -2.28. The third-order valence-electron chi connectivity index (χ3n) is 4.68. The van der Waals surface area contributed by atoms with Gasteiger partial charge < -0.3 is 19.7 Å². The van der Waals surface area contributed by atoms with E-state index < -0.39 is 0 Å². The predicted octanol–water partition coefficient (Wildman–Crippen LogP) is 3.79. The molecule has 1 N–H and O–H groups in total. The van der Waals surface area contributed by atoms with Crippen LogP contribution in [0.2, 0.25) is 0 Å². The van der Waals surface area contributed by atoms with Crippen molar-refractivity contribution in [3.05, 3.63) is 48.0 Å². The van der Waals surface area contributed by atoms with Crippen molar-refractivity contribution >= 4 is 23.2 Å². The van der Waals surface area contributed by atoms with Crippen molar-refractivity contribution < 1.29 is 19.1 Å². The molecular weight excluding hydrogens is 356 g/mol. The Morgan fingerprint density at radius 1 is 1.14 bits per heavy atom. The highest BCUT2D eigenvalue weighted by Crippen LogP contribution is 2.33. The Morgan fingerprint density at radius 3 is 2.61 bits per heavy atom. The van der Waals surface area contributed by atoms with E-state index in [1.165, 1.54) is 0 Å². The number of carbonyl (C=O) groups is 2. The van der Waals surface area contributed by atoms with E-state index in [0.29, 0.717) is 31.0 Å². The summed E-state index contributed by atoms with van der Waals surface area (Å²) in [6, 6.07) is 12.9. The second-order valence-electron chi connectivity index (χ2n) is 6.69. The molecule has 3 rings (SSSR count). The number of amides is 2. The van der Waals surface area contributed by atoms with Crippen LogP contribution in [-0.2, 0) is 16.0 Å². The first-order valence-corrected chi connectivity index (χ1v) is 9.60. The van der Waals surface area contributed by atoms with Crippen LogP contribution in [0.25, 0.3) is 0 Å². The minimum Gasteiger partial charge on any atom is -0.494 e. The third kappa shape index (κ3) is 4.82. The largest absolute Gasteiger partial charge is 0.494 e. The zero-order valence-corrected chi connectivity index (χ0v) is 16.4. The van der Waals surface area contributed by atoms with Gasteiger partial charge in [0.2, 0.25) is 11.8 Å². The third-order valence-corrected chi connectivity index (χ3v) is 4.68. The fourth-order valence-corrected chi connectivity index (χ4v) is 3.30. The van der Waals surface area contributed by atoms with E-state index in [1.807, 2.05) is 37.3 Å². The van der Waals surface area contributed by atoms with Gasteiger partial charge in [0, 0.05) is 24.7 Å². The van der Waals surface area contributed by atoms with Gasteiger partial charge in [0.25, 0.3) is 0 Å². The van der Waals surface area contributed by atoms with Crippen molar-refractivity contribution in [2.75, 3.05) is 30.5 Å². The summed E-state index contributed by atoms with van der Waals surface area (Å²) in [5.41, 5.74) is 2.29. The number of nitrogens with zero attached hydrogens (tertiary/aromatic N) is 1. The zero-order valence-electron chi connectivity index (χ0n) is 16.4. The molecule has 1 saturated heterocycles. The summed E-state index contributed by atoms with van der Waals surface area (Å²) >= 11 is 0. The molecule has 1 aliphatic rings. The average Bonchev–Trinajstić information content (AvgIpc) is 2.70. The molecule has 0 atom stereocenters. The Balaban J connectivity index is 1.66. The number of methoxy groups -OCH3 is 1. The second-order valence-corrected chi connectivity index (χ2v) is 6.69. The van der Waals surface area contributed by atoms with E-state index >= 15 is 0 Å². The summed E-state index contributed by atoms with van der Waals surface area (Å²) in [6.07, 6.45) is 2.73. The molecule has 0 aromatic heterocycles. The van der Waals surface area contributed by atoms with E-state index in [0.717, 1.165) is 29.8 Å². The maximum atomic E-state index is 12.4. The van der Waals surface area contributed by atoms with E-state index in [4.69, 9.17) is 9.47 Å². The highest BCUT2D eigenvalue weighted by Gasteiger charge is 2.22. The molecular formula is C22H26N2O4. The fraction of sp³-hybridized carbons (Fsp3) is 0.364. The first-order valence-electron chi connectivity index (χ1n) is 9.60. The SMILES string of the molecule is CCOc1ccc(CC(=O)Nc2ccc(N3CCCCC3=O)c(OC)c2)cc1. The average molecular weight is 382 g/mol. The summed E-state index contributed by atoms with van der Waals surface area (Å²) in [4.78, 5) is 26.3. The molecule has 0 saturated carbocycles. The molecule has 1 aliphatic heterocycles. The molecule has 0 unspecified atom stereocenters. The Bertz CT molecular complexity index is 833. The molecule has 0 aliphatic carbocycles. The molecule has 0 radical (unpaired) electrons. The number of carbonyl (C=O) groups excluding carboxylic acids is 2. The number of nitrogens with one attached hydrogen (secondary N) is 1. The van der Waals surface area contributed by atoms with Crippen LogP contribution in [-0.4, -0.2) is 32.1 Å². The minimum atomic E-state index is -0.118. The Kier molecular flexibility index (Phi) is 6.53. The first kappa shape index (κ1) is 19.7. The van der Waals surface area contributed by atoms with Crippen LogP contribution in [0.4, 0.5) is 11.4 Å². The van der Waals surface area contributed by atoms with Gasteiger partial charge in [-0.05, 0) is 49.6 Å². The van der Waals surface area contributed by atoms with Crippen LogP contribution < -0.4 is 19.7 Å². The van der Waals surface area contributed by atoms with Gasteiger partial charge in [0.05, 0.1) is 25.8 Å². The van der Waals surface area contributed by atoms with Crippen molar-refractivity contribution in [2.24, 2.45) is 0 Å². The Hall–Kier alpha value is -3.02. The zero-order chi connectivity index (χ0) is 19.9. The normalized spacial score (nSPS) is 13.9. The van der Waals surface area contributed by atoms with Crippen molar-refractivity contribution in [3.8, 4) is 11.5 Å². The second kappa shape index (κ2) is 9.26. The van der Waals surface area contributed by atoms with Gasteiger partial charge in [-0.25, -0.2) is 0 Å². The highest BCUT2D eigenvalue weighted by atomic mass is 16.5. The molecule has 6 nitrogen and oxygen atoms in total. The van der Waals surface area contributed by atoms with Gasteiger partial charge in [0.1, 0.15) is 11.5 Å². The Labute approximate surface area is 165 Å². The van der Waals surface area contributed by atoms with Crippen molar-refractivity contribution in [1.29, 1.82) is 0 Å². The summed E-state index contributed by atoms with van der Waals surface area (Å²) in [5.74, 6) is 1.36. The number of benzene rings is 2. The van der Waals surface area contributed by atoms with Gasteiger partial charge in [-0.3, -0.25) is 9.59 Å². The Morgan fingerprint density at radius 2 is 1.93 bits per heavy atom. The van der Waals surface area contributed by atoms with Gasteiger partial charge in [-0.2, -0.15) is 0 Å². The summed E-state index contributed by atoms with van der Waals surface area (Å²) in [5, 5.41) is 2.89. The number of piperidine rings is 1. The number of anilines is 2. The van der Waals surface area contributed by atoms with Crippen LogP contribution in [0.5, 0.6) is 11.5 Å². The van der Waals surface area contributed by atoms with Crippen LogP contribution in [0.15, 0.2) is 42.5 Å². The molecule has 0 bridgehead atoms. The molecule has 1 heterocycles. The summed E-state index contributed by atoms with van der Waals surface area (Å²) < 4.78 is 10.9. The summed E-state index contributed by atoms with van der Waals surface area (Å²) in [6.45, 7) is 3.24. The van der Waals surface area contributed by atoms with Crippen LogP contribution in [0, 0.1) is 0 Å². The lowest BCUT2D eigenvalue weighted by molar-refractivity contribution is -0.119. The minimum absolute atomic E-state index is 0.108. The number of hydrogen-bond donors (Lipinski definition) is 1. The monoisotopic (exact) mass is 382 g/mol. The summed E-state index contributed by atoms with van der Waals surface area (Å²) in [7, 11) is 1.57. The lowest BCUT2D eigenvalue weighted by Crippen LogP contribution is -2.35. The van der Waals surface area contributed by atoms with Gasteiger partial charge in [-0.15, -0.1) is 0 Å². The van der Waals surface area contributed by atoms with E-state index in [1.54, 1.807) is 24.1 Å². The molecule has 0 spiro atoms. The smallest absolute Gasteiger partial charge is 0.228 e. The van der Waals surface area contributed by atoms with Crippen LogP contribution in [0.3, 0.4) is 0 Å². The lowest BCUT2D eigenvalue weighted by atomic mass is 10.1. The molecule has 2 aromatic carbocycles. The van der Waals surface area contributed by atoms with Gasteiger partial charge in [-0.1, -0.05) is 12.1 Å². The van der Waals surface area contributed by atoms with Crippen LogP contribution >= 0.6 is 0 Å². The maximum Gasteiger partial charge on any atom is 0.228 e. The molecule has 2 aromatic rings. The van der Waals surface area contributed by atoms with Crippen molar-refractivity contribution in [2.45, 2.75) is 32.6 Å². The first-order chi connectivity index (χ1) is 13.6. The van der Waals surface area contributed by atoms with Crippen LogP contribution in [0.1, 0.15) is 31.7 Å². The van der Waals surface area contributed by atoms with E-state index in [9.17, 15) is 9.59 Å². The molecule has 1 fully saturated rings. The van der Waals surface area contributed by atoms with E-state index in [-0.39, 0.29) is 18.2 Å². The van der Waals surface area contributed by atoms with Gasteiger partial charge >= 0.3 is 0 Å². The fourth-order valence-electron chi connectivity index (χ4n) is 3.30. The maximum absolute atomic E-state index is 12.4. The standard InChI is InChI=1S/C22H26N2O4/c1-3-28-18-10-7-16(8-11-18)14-21(25)23-17-9-12-19(20(15-17)27-2)24-13-5-4-6-22(24)26/h7-12,15H,3-6,13-14H2,1-2H3,(H,23,25). The molecule has 28 heavy (non-hydrogen) atoms. The number of hydrogen-bond acceptors (Lipinski definition) is 4. The number of rotatable bonds is 7.